The van der Waals surface area contributed by atoms with Crippen LogP contribution in [-0.4, -0.2) is 30.4 Å². The minimum absolute atomic E-state index is 0.0904. The van der Waals surface area contributed by atoms with Gasteiger partial charge in [-0.3, -0.25) is 4.79 Å². The Morgan fingerprint density at radius 2 is 2.06 bits per heavy atom. The first-order chi connectivity index (χ1) is 7.95. The molecule has 0 aliphatic rings. The van der Waals surface area contributed by atoms with Crippen molar-refractivity contribution in [3.63, 3.8) is 0 Å². The van der Waals surface area contributed by atoms with E-state index in [4.69, 9.17) is 5.73 Å². The maximum atomic E-state index is 12.0. The molecule has 0 aliphatic carbocycles. The summed E-state index contributed by atoms with van der Waals surface area (Å²) < 4.78 is 0. The standard InChI is InChI=1S/C14H22N2O/c1-10-5-6-11(2)13(7-10)8-14(17)16(4)12(3)9-15/h5-7,12H,8-9,15H2,1-4H3. The van der Waals surface area contributed by atoms with Crippen molar-refractivity contribution < 1.29 is 4.79 Å². The summed E-state index contributed by atoms with van der Waals surface area (Å²) in [5.41, 5.74) is 9.02. The number of carbonyl (C=O) groups is 1. The molecule has 0 heterocycles. The van der Waals surface area contributed by atoms with Crippen LogP contribution < -0.4 is 5.73 Å². The first kappa shape index (κ1) is 13.7. The van der Waals surface area contributed by atoms with Gasteiger partial charge in [-0.25, -0.2) is 0 Å². The van der Waals surface area contributed by atoms with Gasteiger partial charge in [0.15, 0.2) is 0 Å². The average Bonchev–Trinajstić information content (AvgIpc) is 2.31. The van der Waals surface area contributed by atoms with Gasteiger partial charge >= 0.3 is 0 Å². The molecular weight excluding hydrogens is 212 g/mol. The summed E-state index contributed by atoms with van der Waals surface area (Å²) in [5.74, 6) is 0.122. The van der Waals surface area contributed by atoms with Crippen LogP contribution in [0, 0.1) is 13.8 Å². The zero-order valence-corrected chi connectivity index (χ0v) is 11.2. The molecule has 0 saturated heterocycles. The highest BCUT2D eigenvalue weighted by molar-refractivity contribution is 5.79. The Morgan fingerprint density at radius 1 is 1.41 bits per heavy atom. The van der Waals surface area contributed by atoms with Gasteiger partial charge in [-0.2, -0.15) is 0 Å². The van der Waals surface area contributed by atoms with E-state index in [2.05, 4.69) is 18.2 Å². The van der Waals surface area contributed by atoms with Crippen molar-refractivity contribution in [1.82, 2.24) is 4.90 Å². The van der Waals surface area contributed by atoms with E-state index < -0.39 is 0 Å². The molecule has 0 bridgehead atoms. The lowest BCUT2D eigenvalue weighted by atomic mass is 10.0. The topological polar surface area (TPSA) is 46.3 Å². The Kier molecular flexibility index (Phi) is 4.70. The number of amides is 1. The molecule has 1 atom stereocenters. The normalized spacial score (nSPS) is 12.3. The molecule has 0 spiro atoms. The number of aryl methyl sites for hydroxylation is 2. The third-order valence-electron chi connectivity index (χ3n) is 3.24. The van der Waals surface area contributed by atoms with Gasteiger partial charge < -0.3 is 10.6 Å². The second-order valence-electron chi connectivity index (χ2n) is 4.70. The summed E-state index contributed by atoms with van der Waals surface area (Å²) in [4.78, 5) is 13.8. The van der Waals surface area contributed by atoms with Crippen molar-refractivity contribution in [2.45, 2.75) is 33.2 Å². The maximum absolute atomic E-state index is 12.0. The lowest BCUT2D eigenvalue weighted by Gasteiger charge is -2.24. The molecule has 17 heavy (non-hydrogen) atoms. The Balaban J connectivity index is 2.77. The van der Waals surface area contributed by atoms with Crippen LogP contribution in [0.15, 0.2) is 18.2 Å². The second kappa shape index (κ2) is 5.82. The fourth-order valence-corrected chi connectivity index (χ4v) is 1.68. The van der Waals surface area contributed by atoms with Crippen molar-refractivity contribution in [2.24, 2.45) is 5.73 Å². The number of likely N-dealkylation sites (N-methyl/N-ethyl adjacent to an activating group) is 1. The summed E-state index contributed by atoms with van der Waals surface area (Å²) in [6, 6.07) is 6.29. The van der Waals surface area contributed by atoms with E-state index in [0.29, 0.717) is 13.0 Å². The molecule has 3 nitrogen and oxygen atoms in total. The fourth-order valence-electron chi connectivity index (χ4n) is 1.68. The molecule has 94 valence electrons. The van der Waals surface area contributed by atoms with Crippen molar-refractivity contribution in [2.75, 3.05) is 13.6 Å². The van der Waals surface area contributed by atoms with Crippen LogP contribution in [0.5, 0.6) is 0 Å². The van der Waals surface area contributed by atoms with Crippen LogP contribution in [0.2, 0.25) is 0 Å². The van der Waals surface area contributed by atoms with E-state index in [1.807, 2.05) is 27.8 Å². The fraction of sp³-hybridized carbons (Fsp3) is 0.500. The van der Waals surface area contributed by atoms with Crippen molar-refractivity contribution in [1.29, 1.82) is 0 Å². The van der Waals surface area contributed by atoms with Gasteiger partial charge in [-0.1, -0.05) is 23.8 Å². The quantitative estimate of drug-likeness (QED) is 0.861. The molecular formula is C14H22N2O. The molecule has 1 unspecified atom stereocenters. The number of carbonyl (C=O) groups excluding carboxylic acids is 1. The highest BCUT2D eigenvalue weighted by atomic mass is 16.2. The molecule has 0 aromatic heterocycles. The van der Waals surface area contributed by atoms with E-state index in [1.165, 1.54) is 5.56 Å². The number of hydrogen-bond donors (Lipinski definition) is 1. The van der Waals surface area contributed by atoms with Crippen LogP contribution in [-0.2, 0) is 11.2 Å². The summed E-state index contributed by atoms with van der Waals surface area (Å²) in [7, 11) is 1.81. The van der Waals surface area contributed by atoms with E-state index in [0.717, 1.165) is 11.1 Å². The first-order valence-corrected chi connectivity index (χ1v) is 5.97. The largest absolute Gasteiger partial charge is 0.341 e. The molecule has 1 aromatic rings. The molecule has 0 fully saturated rings. The van der Waals surface area contributed by atoms with Crippen LogP contribution in [0.4, 0.5) is 0 Å². The van der Waals surface area contributed by atoms with Gasteiger partial charge in [0.25, 0.3) is 0 Å². The molecule has 1 aromatic carbocycles. The number of benzene rings is 1. The van der Waals surface area contributed by atoms with E-state index in [-0.39, 0.29) is 11.9 Å². The minimum atomic E-state index is 0.0904. The van der Waals surface area contributed by atoms with Crippen molar-refractivity contribution >= 4 is 5.91 Å². The molecule has 0 saturated carbocycles. The predicted molar refractivity (Wildman–Crippen MR) is 70.9 cm³/mol. The Hall–Kier alpha value is -1.35. The summed E-state index contributed by atoms with van der Waals surface area (Å²) >= 11 is 0. The third-order valence-corrected chi connectivity index (χ3v) is 3.24. The van der Waals surface area contributed by atoms with E-state index >= 15 is 0 Å². The number of hydrogen-bond acceptors (Lipinski definition) is 2. The lowest BCUT2D eigenvalue weighted by Crippen LogP contribution is -2.40. The summed E-state index contributed by atoms with van der Waals surface area (Å²) in [5, 5.41) is 0. The van der Waals surface area contributed by atoms with Crippen molar-refractivity contribution in [3.05, 3.63) is 34.9 Å². The number of nitrogens with zero attached hydrogens (tertiary/aromatic N) is 1. The van der Waals surface area contributed by atoms with Crippen LogP contribution in [0.25, 0.3) is 0 Å². The van der Waals surface area contributed by atoms with Gasteiger partial charge in [0.2, 0.25) is 5.91 Å². The summed E-state index contributed by atoms with van der Waals surface area (Å²) in [6.07, 6.45) is 0.453. The smallest absolute Gasteiger partial charge is 0.227 e. The molecule has 0 aliphatic heterocycles. The Morgan fingerprint density at radius 3 is 2.65 bits per heavy atom. The first-order valence-electron chi connectivity index (χ1n) is 5.97. The zero-order chi connectivity index (χ0) is 13.0. The molecule has 1 rings (SSSR count). The Bertz CT molecular complexity index is 401. The average molecular weight is 234 g/mol. The minimum Gasteiger partial charge on any atom is -0.341 e. The SMILES string of the molecule is Cc1ccc(C)c(CC(=O)N(C)C(C)CN)c1. The van der Waals surface area contributed by atoms with E-state index in [9.17, 15) is 4.79 Å². The predicted octanol–water partition coefficient (Wildman–Crippen LogP) is 1.65. The molecule has 2 N–H and O–H groups in total. The third kappa shape index (κ3) is 3.56. The molecule has 0 radical (unpaired) electrons. The van der Waals surface area contributed by atoms with Gasteiger partial charge in [-0.05, 0) is 31.9 Å². The van der Waals surface area contributed by atoms with Gasteiger partial charge in [0.05, 0.1) is 6.42 Å². The lowest BCUT2D eigenvalue weighted by molar-refractivity contribution is -0.130. The van der Waals surface area contributed by atoms with Gasteiger partial charge in [0, 0.05) is 19.6 Å². The highest BCUT2D eigenvalue weighted by Crippen LogP contribution is 2.12. The molecule has 1 amide bonds. The van der Waals surface area contributed by atoms with E-state index in [1.54, 1.807) is 4.90 Å². The Labute approximate surface area is 104 Å². The zero-order valence-electron chi connectivity index (χ0n) is 11.2. The molecule has 3 heteroatoms. The highest BCUT2D eigenvalue weighted by Gasteiger charge is 2.15. The summed E-state index contributed by atoms with van der Waals surface area (Å²) in [6.45, 7) is 6.53. The number of rotatable bonds is 4. The maximum Gasteiger partial charge on any atom is 0.227 e. The van der Waals surface area contributed by atoms with Crippen LogP contribution in [0.3, 0.4) is 0 Å². The number of nitrogens with two attached hydrogens (primary N) is 1. The van der Waals surface area contributed by atoms with Gasteiger partial charge in [-0.15, -0.1) is 0 Å². The van der Waals surface area contributed by atoms with Crippen LogP contribution in [0.1, 0.15) is 23.6 Å². The van der Waals surface area contributed by atoms with Crippen LogP contribution >= 0.6 is 0 Å². The second-order valence-corrected chi connectivity index (χ2v) is 4.70. The van der Waals surface area contributed by atoms with Crippen molar-refractivity contribution in [3.8, 4) is 0 Å². The van der Waals surface area contributed by atoms with Gasteiger partial charge in [0.1, 0.15) is 0 Å². The monoisotopic (exact) mass is 234 g/mol.